The molecule has 7 heteroatoms. The van der Waals surface area contributed by atoms with Crippen LogP contribution in [0.2, 0.25) is 10.0 Å². The van der Waals surface area contributed by atoms with E-state index < -0.39 is 5.97 Å². The molecule has 0 unspecified atom stereocenters. The maximum atomic E-state index is 12.1. The van der Waals surface area contributed by atoms with Gasteiger partial charge in [-0.1, -0.05) is 37.0 Å². The van der Waals surface area contributed by atoms with Crippen molar-refractivity contribution in [1.29, 1.82) is 0 Å². The lowest BCUT2D eigenvalue weighted by atomic mass is 10.2. The molecule has 0 aliphatic heterocycles. The highest BCUT2D eigenvalue weighted by Crippen LogP contribution is 2.34. The molecule has 0 aliphatic rings. The van der Waals surface area contributed by atoms with Gasteiger partial charge in [0.05, 0.1) is 17.2 Å². The first-order valence-electron chi connectivity index (χ1n) is 6.46. The first-order chi connectivity index (χ1) is 9.54. The number of carbonyl (C=O) groups is 1. The number of ether oxygens (including phenoxy) is 2. The van der Waals surface area contributed by atoms with Gasteiger partial charge in [-0.05, 0) is 25.2 Å². The number of nitrogens with zero attached hydrogens (tertiary/aromatic N) is 1. The van der Waals surface area contributed by atoms with Crippen molar-refractivity contribution >= 4 is 41.6 Å². The molecule has 0 heterocycles. The summed E-state index contributed by atoms with van der Waals surface area (Å²) in [5.41, 5.74) is 0.168. The molecule has 0 atom stereocenters. The smallest absolute Gasteiger partial charge is 0.343 e. The van der Waals surface area contributed by atoms with Gasteiger partial charge >= 0.3 is 5.97 Å². The SMILES string of the molecule is CCN(CC)CCOC(=O)c1c(Cl)ccc(Cl)c1OC.Cl. The van der Waals surface area contributed by atoms with Gasteiger partial charge in [0.25, 0.3) is 0 Å². The highest BCUT2D eigenvalue weighted by atomic mass is 35.5. The van der Waals surface area contributed by atoms with Gasteiger partial charge in [0, 0.05) is 6.54 Å². The van der Waals surface area contributed by atoms with Crippen LogP contribution in [0.4, 0.5) is 0 Å². The van der Waals surface area contributed by atoms with E-state index in [-0.39, 0.29) is 28.7 Å². The molecule has 0 aliphatic carbocycles. The fourth-order valence-corrected chi connectivity index (χ4v) is 2.26. The Morgan fingerprint density at radius 2 is 1.76 bits per heavy atom. The van der Waals surface area contributed by atoms with Crippen LogP contribution in [0, 0.1) is 0 Å². The Morgan fingerprint density at radius 3 is 2.29 bits per heavy atom. The lowest BCUT2D eigenvalue weighted by Gasteiger charge is -2.18. The summed E-state index contributed by atoms with van der Waals surface area (Å²) in [7, 11) is 1.43. The minimum Gasteiger partial charge on any atom is -0.494 e. The van der Waals surface area contributed by atoms with Gasteiger partial charge < -0.3 is 14.4 Å². The summed E-state index contributed by atoms with van der Waals surface area (Å²) in [5, 5.41) is 0.590. The number of carbonyl (C=O) groups excluding carboxylic acids is 1. The summed E-state index contributed by atoms with van der Waals surface area (Å²) in [5.74, 6) is -0.284. The Balaban J connectivity index is 0.00000400. The predicted octanol–water partition coefficient (Wildman–Crippen LogP) is 3.92. The Morgan fingerprint density at radius 1 is 1.19 bits per heavy atom. The van der Waals surface area contributed by atoms with Crippen molar-refractivity contribution in [2.45, 2.75) is 13.8 Å². The van der Waals surface area contributed by atoms with E-state index in [0.717, 1.165) is 13.1 Å². The second-order valence-corrected chi connectivity index (χ2v) is 4.91. The largest absolute Gasteiger partial charge is 0.494 e. The van der Waals surface area contributed by atoms with Crippen molar-refractivity contribution in [3.63, 3.8) is 0 Å². The first kappa shape index (κ1) is 20.3. The third-order valence-corrected chi connectivity index (χ3v) is 3.61. The van der Waals surface area contributed by atoms with Gasteiger partial charge in [0.1, 0.15) is 12.2 Å². The zero-order valence-corrected chi connectivity index (χ0v) is 14.6. The van der Waals surface area contributed by atoms with Crippen molar-refractivity contribution < 1.29 is 14.3 Å². The molecular weight excluding hydrogens is 337 g/mol. The van der Waals surface area contributed by atoms with Crippen molar-refractivity contribution in [1.82, 2.24) is 4.90 Å². The molecule has 0 spiro atoms. The molecule has 120 valence electrons. The van der Waals surface area contributed by atoms with Crippen molar-refractivity contribution in [2.24, 2.45) is 0 Å². The quantitative estimate of drug-likeness (QED) is 0.694. The second-order valence-electron chi connectivity index (χ2n) is 4.10. The number of benzene rings is 1. The maximum Gasteiger partial charge on any atom is 0.343 e. The first-order valence-corrected chi connectivity index (χ1v) is 7.22. The Labute approximate surface area is 141 Å². The molecule has 0 bridgehead atoms. The molecule has 0 saturated heterocycles. The van der Waals surface area contributed by atoms with E-state index >= 15 is 0 Å². The number of hydrogen-bond acceptors (Lipinski definition) is 4. The van der Waals surface area contributed by atoms with Gasteiger partial charge in [0.2, 0.25) is 0 Å². The number of rotatable bonds is 7. The number of halogens is 3. The highest BCUT2D eigenvalue weighted by Gasteiger charge is 2.20. The zero-order chi connectivity index (χ0) is 15.1. The van der Waals surface area contributed by atoms with Crippen LogP contribution in [-0.4, -0.2) is 44.2 Å². The van der Waals surface area contributed by atoms with Crippen LogP contribution in [0.3, 0.4) is 0 Å². The number of likely N-dealkylation sites (N-methyl/N-ethyl adjacent to an activating group) is 1. The van der Waals surface area contributed by atoms with Gasteiger partial charge in [-0.25, -0.2) is 4.79 Å². The second kappa shape index (κ2) is 10.1. The molecule has 0 aromatic heterocycles. The number of esters is 1. The van der Waals surface area contributed by atoms with E-state index in [9.17, 15) is 4.79 Å². The molecule has 0 fully saturated rings. The van der Waals surface area contributed by atoms with Crippen molar-refractivity contribution in [3.05, 3.63) is 27.7 Å². The highest BCUT2D eigenvalue weighted by molar-refractivity contribution is 6.37. The van der Waals surface area contributed by atoms with Gasteiger partial charge in [-0.2, -0.15) is 0 Å². The minimum absolute atomic E-state index is 0. The molecule has 1 aromatic rings. The van der Waals surface area contributed by atoms with Crippen molar-refractivity contribution in [2.75, 3.05) is 33.4 Å². The van der Waals surface area contributed by atoms with E-state index in [0.29, 0.717) is 18.2 Å². The maximum absolute atomic E-state index is 12.1. The monoisotopic (exact) mass is 355 g/mol. The molecule has 4 nitrogen and oxygen atoms in total. The Hall–Kier alpha value is -0.680. The van der Waals surface area contributed by atoms with Gasteiger partial charge in [-0.15, -0.1) is 12.4 Å². The van der Waals surface area contributed by atoms with E-state index in [1.807, 2.05) is 0 Å². The molecule has 0 amide bonds. The lowest BCUT2D eigenvalue weighted by Crippen LogP contribution is -2.28. The van der Waals surface area contributed by atoms with E-state index in [1.54, 1.807) is 12.1 Å². The third kappa shape index (κ3) is 5.55. The fourth-order valence-electron chi connectivity index (χ4n) is 1.80. The molecule has 21 heavy (non-hydrogen) atoms. The molecular formula is C14H20Cl3NO3. The van der Waals surface area contributed by atoms with Crippen LogP contribution in [0.25, 0.3) is 0 Å². The van der Waals surface area contributed by atoms with Gasteiger partial charge in [-0.3, -0.25) is 0 Å². The predicted molar refractivity (Wildman–Crippen MR) is 88.3 cm³/mol. The van der Waals surface area contributed by atoms with Crippen LogP contribution < -0.4 is 4.74 Å². The average Bonchev–Trinajstić information content (AvgIpc) is 2.45. The number of hydrogen-bond donors (Lipinski definition) is 0. The molecule has 1 aromatic carbocycles. The molecule has 0 radical (unpaired) electrons. The zero-order valence-electron chi connectivity index (χ0n) is 12.3. The lowest BCUT2D eigenvalue weighted by molar-refractivity contribution is 0.0463. The third-order valence-electron chi connectivity index (χ3n) is 3.00. The van der Waals surface area contributed by atoms with Crippen LogP contribution in [-0.2, 0) is 4.74 Å². The van der Waals surface area contributed by atoms with E-state index in [1.165, 1.54) is 7.11 Å². The summed E-state index contributed by atoms with van der Waals surface area (Å²) in [6.07, 6.45) is 0. The summed E-state index contributed by atoms with van der Waals surface area (Å²) in [6, 6.07) is 3.13. The van der Waals surface area contributed by atoms with Crippen LogP contribution in [0.1, 0.15) is 24.2 Å². The van der Waals surface area contributed by atoms with E-state index in [2.05, 4.69) is 18.7 Å². The van der Waals surface area contributed by atoms with Crippen molar-refractivity contribution in [3.8, 4) is 5.75 Å². The van der Waals surface area contributed by atoms with Crippen LogP contribution >= 0.6 is 35.6 Å². The van der Waals surface area contributed by atoms with Gasteiger partial charge in [0.15, 0.2) is 5.75 Å². The summed E-state index contributed by atoms with van der Waals surface area (Å²) < 4.78 is 10.4. The summed E-state index contributed by atoms with van der Waals surface area (Å²) in [6.45, 7) is 6.92. The Bertz CT molecular complexity index is 465. The summed E-state index contributed by atoms with van der Waals surface area (Å²) >= 11 is 12.0. The molecule has 1 rings (SSSR count). The number of methoxy groups -OCH3 is 1. The molecule has 0 N–H and O–H groups in total. The minimum atomic E-state index is -0.526. The normalized spacial score (nSPS) is 10.2. The topological polar surface area (TPSA) is 38.8 Å². The molecule has 0 saturated carbocycles. The van der Waals surface area contributed by atoms with E-state index in [4.69, 9.17) is 32.7 Å². The van der Waals surface area contributed by atoms with Crippen LogP contribution in [0.15, 0.2) is 12.1 Å². The standard InChI is InChI=1S/C14H19Cl2NO3.ClH/c1-4-17(5-2)8-9-20-14(18)12-10(15)6-7-11(16)13(12)19-3;/h6-7H,4-5,8-9H2,1-3H3;1H. The fraction of sp³-hybridized carbons (Fsp3) is 0.500. The summed E-state index contributed by atoms with van der Waals surface area (Å²) in [4.78, 5) is 14.2. The average molecular weight is 357 g/mol. The van der Waals surface area contributed by atoms with Crippen LogP contribution in [0.5, 0.6) is 5.75 Å². The Kier molecular flexibility index (Phi) is 9.79.